The molecule has 0 unspecified atom stereocenters. The maximum Gasteiger partial charge on any atom is 0.303 e. The number of aryl methyl sites for hydroxylation is 2. The Morgan fingerprint density at radius 2 is 1.94 bits per heavy atom. The summed E-state index contributed by atoms with van der Waals surface area (Å²) in [6.07, 6.45) is 1.58. The molecule has 0 radical (unpaired) electrons. The van der Waals surface area contributed by atoms with Gasteiger partial charge in [0.1, 0.15) is 0 Å². The van der Waals surface area contributed by atoms with Crippen molar-refractivity contribution in [3.05, 3.63) is 35.0 Å². The number of Topliss-reactive ketones (excluding diaryl/α,β-unsaturated/α-hetero) is 1. The van der Waals surface area contributed by atoms with E-state index in [1.54, 1.807) is 6.20 Å². The van der Waals surface area contributed by atoms with Gasteiger partial charge in [-0.15, -0.1) is 0 Å². The van der Waals surface area contributed by atoms with Gasteiger partial charge in [-0.3, -0.25) is 9.59 Å². The Balaban J connectivity index is 2.40. The molecular weight excluding hydrogens is 230 g/mol. The van der Waals surface area contributed by atoms with Crippen molar-refractivity contribution in [1.82, 2.24) is 4.98 Å². The molecule has 0 aliphatic carbocycles. The van der Waals surface area contributed by atoms with Gasteiger partial charge in [-0.1, -0.05) is 6.07 Å². The summed E-state index contributed by atoms with van der Waals surface area (Å²) in [5.74, 6) is -1.08. The molecule has 0 fully saturated rings. The summed E-state index contributed by atoms with van der Waals surface area (Å²) < 4.78 is 0. The molecule has 0 amide bonds. The van der Waals surface area contributed by atoms with Crippen LogP contribution in [0.2, 0.25) is 0 Å². The Labute approximate surface area is 105 Å². The molecule has 1 aromatic heterocycles. The fraction of sp³-hybridized carbons (Fsp3) is 0.286. The highest BCUT2D eigenvalue weighted by molar-refractivity contribution is 6.09. The number of carboxylic acid groups (broad SMARTS) is 1. The van der Waals surface area contributed by atoms with E-state index in [-0.39, 0.29) is 18.6 Å². The van der Waals surface area contributed by atoms with Crippen molar-refractivity contribution in [2.75, 3.05) is 0 Å². The molecule has 4 nitrogen and oxygen atoms in total. The number of aliphatic carboxylic acids is 1. The number of rotatable bonds is 4. The zero-order chi connectivity index (χ0) is 13.3. The molecule has 2 aromatic rings. The third-order valence-electron chi connectivity index (χ3n) is 2.99. The van der Waals surface area contributed by atoms with Gasteiger partial charge in [-0.25, -0.2) is 0 Å². The van der Waals surface area contributed by atoms with E-state index in [0.717, 1.165) is 22.0 Å². The number of carbonyl (C=O) groups is 2. The Morgan fingerprint density at radius 3 is 2.61 bits per heavy atom. The first kappa shape index (κ1) is 12.4. The molecule has 94 valence electrons. The van der Waals surface area contributed by atoms with Gasteiger partial charge in [0, 0.05) is 29.1 Å². The number of benzene rings is 1. The smallest absolute Gasteiger partial charge is 0.303 e. The normalized spacial score (nSPS) is 10.8. The van der Waals surface area contributed by atoms with Gasteiger partial charge < -0.3 is 10.1 Å². The first-order valence-electron chi connectivity index (χ1n) is 5.82. The van der Waals surface area contributed by atoms with Crippen molar-refractivity contribution in [3.63, 3.8) is 0 Å². The average molecular weight is 245 g/mol. The van der Waals surface area contributed by atoms with Crippen LogP contribution in [-0.2, 0) is 4.79 Å². The minimum atomic E-state index is -0.948. The Kier molecular flexibility index (Phi) is 3.19. The van der Waals surface area contributed by atoms with Crippen molar-refractivity contribution < 1.29 is 14.7 Å². The molecule has 1 heterocycles. The van der Waals surface area contributed by atoms with Gasteiger partial charge in [0.05, 0.1) is 6.42 Å². The second kappa shape index (κ2) is 4.64. The fourth-order valence-electron chi connectivity index (χ4n) is 2.24. The van der Waals surface area contributed by atoms with Crippen molar-refractivity contribution in [3.8, 4) is 0 Å². The molecule has 2 N–H and O–H groups in total. The van der Waals surface area contributed by atoms with Gasteiger partial charge in [-0.05, 0) is 31.0 Å². The van der Waals surface area contributed by atoms with E-state index >= 15 is 0 Å². The fourth-order valence-corrected chi connectivity index (χ4v) is 2.24. The van der Waals surface area contributed by atoms with Crippen LogP contribution in [0.15, 0.2) is 18.3 Å². The number of carbonyl (C=O) groups excluding carboxylic acids is 1. The zero-order valence-corrected chi connectivity index (χ0v) is 10.4. The maximum absolute atomic E-state index is 12.0. The first-order valence-corrected chi connectivity index (χ1v) is 5.82. The highest BCUT2D eigenvalue weighted by Gasteiger charge is 2.15. The monoisotopic (exact) mass is 245 g/mol. The van der Waals surface area contributed by atoms with Crippen LogP contribution in [0.4, 0.5) is 0 Å². The van der Waals surface area contributed by atoms with E-state index in [4.69, 9.17) is 5.11 Å². The van der Waals surface area contributed by atoms with Crippen molar-refractivity contribution >= 4 is 22.7 Å². The number of nitrogens with one attached hydrogen (secondary N) is 1. The van der Waals surface area contributed by atoms with Gasteiger partial charge in [0.25, 0.3) is 0 Å². The lowest BCUT2D eigenvalue weighted by molar-refractivity contribution is -0.136. The van der Waals surface area contributed by atoms with Crippen molar-refractivity contribution in [2.45, 2.75) is 26.7 Å². The predicted octanol–water partition coefficient (Wildman–Crippen LogP) is 2.83. The third kappa shape index (κ3) is 2.27. The minimum Gasteiger partial charge on any atom is -0.481 e. The van der Waals surface area contributed by atoms with Crippen LogP contribution in [0.1, 0.15) is 34.3 Å². The molecule has 0 bridgehead atoms. The number of aromatic nitrogens is 1. The van der Waals surface area contributed by atoms with E-state index in [1.165, 1.54) is 0 Å². The van der Waals surface area contributed by atoms with Crippen molar-refractivity contribution in [2.24, 2.45) is 0 Å². The topological polar surface area (TPSA) is 70.2 Å². The number of hydrogen-bond donors (Lipinski definition) is 2. The third-order valence-corrected chi connectivity index (χ3v) is 2.99. The molecule has 0 atom stereocenters. The van der Waals surface area contributed by atoms with Crippen LogP contribution in [0.25, 0.3) is 10.9 Å². The SMILES string of the molecule is Cc1cc(C)c2c(C(=O)CCC(=O)O)c[nH]c2c1. The summed E-state index contributed by atoms with van der Waals surface area (Å²) in [7, 11) is 0. The van der Waals surface area contributed by atoms with Crippen LogP contribution in [-0.4, -0.2) is 21.8 Å². The highest BCUT2D eigenvalue weighted by atomic mass is 16.4. The average Bonchev–Trinajstić information content (AvgIpc) is 2.69. The Hall–Kier alpha value is -2.10. The largest absolute Gasteiger partial charge is 0.481 e. The summed E-state index contributed by atoms with van der Waals surface area (Å²) in [5.41, 5.74) is 3.67. The molecule has 0 saturated carbocycles. The van der Waals surface area contributed by atoms with Crippen LogP contribution >= 0.6 is 0 Å². The van der Waals surface area contributed by atoms with E-state index < -0.39 is 5.97 Å². The number of H-pyrrole nitrogens is 1. The molecule has 0 saturated heterocycles. The molecular formula is C14H15NO3. The van der Waals surface area contributed by atoms with Gasteiger partial charge in [-0.2, -0.15) is 0 Å². The second-order valence-electron chi connectivity index (χ2n) is 4.52. The van der Waals surface area contributed by atoms with Crippen LogP contribution in [0.5, 0.6) is 0 Å². The summed E-state index contributed by atoms with van der Waals surface area (Å²) in [4.78, 5) is 25.5. The van der Waals surface area contributed by atoms with Crippen LogP contribution in [0, 0.1) is 13.8 Å². The lowest BCUT2D eigenvalue weighted by Gasteiger charge is -2.02. The summed E-state index contributed by atoms with van der Waals surface area (Å²) >= 11 is 0. The van der Waals surface area contributed by atoms with E-state index in [0.29, 0.717) is 5.56 Å². The maximum atomic E-state index is 12.0. The Bertz CT molecular complexity index is 625. The van der Waals surface area contributed by atoms with Gasteiger partial charge in [0.2, 0.25) is 0 Å². The molecule has 0 aliphatic heterocycles. The number of hydrogen-bond acceptors (Lipinski definition) is 2. The number of ketones is 1. The number of fused-ring (bicyclic) bond motifs is 1. The quantitative estimate of drug-likeness (QED) is 0.814. The lowest BCUT2D eigenvalue weighted by Crippen LogP contribution is -2.03. The van der Waals surface area contributed by atoms with Crippen LogP contribution < -0.4 is 0 Å². The van der Waals surface area contributed by atoms with Gasteiger partial charge in [0.15, 0.2) is 5.78 Å². The second-order valence-corrected chi connectivity index (χ2v) is 4.52. The number of carboxylic acids is 1. The standard InChI is InChI=1S/C14H15NO3/c1-8-5-9(2)14-10(7-15-11(14)6-8)12(16)3-4-13(17)18/h5-7,15H,3-4H2,1-2H3,(H,17,18). The number of aromatic amines is 1. The summed E-state index contributed by atoms with van der Waals surface area (Å²) in [5, 5.41) is 9.50. The minimum absolute atomic E-state index is 0.0373. The van der Waals surface area contributed by atoms with Crippen LogP contribution in [0.3, 0.4) is 0 Å². The molecule has 0 aliphatic rings. The molecule has 18 heavy (non-hydrogen) atoms. The van der Waals surface area contributed by atoms with E-state index in [9.17, 15) is 9.59 Å². The Morgan fingerprint density at radius 1 is 1.22 bits per heavy atom. The van der Waals surface area contributed by atoms with E-state index in [1.807, 2.05) is 26.0 Å². The lowest BCUT2D eigenvalue weighted by atomic mass is 10.0. The molecule has 2 rings (SSSR count). The molecule has 4 heteroatoms. The van der Waals surface area contributed by atoms with E-state index in [2.05, 4.69) is 4.98 Å². The predicted molar refractivity (Wildman–Crippen MR) is 69.0 cm³/mol. The van der Waals surface area contributed by atoms with Crippen molar-refractivity contribution in [1.29, 1.82) is 0 Å². The highest BCUT2D eigenvalue weighted by Crippen LogP contribution is 2.25. The summed E-state index contributed by atoms with van der Waals surface area (Å²) in [6.45, 7) is 3.95. The first-order chi connectivity index (χ1) is 8.49. The molecule has 1 aromatic carbocycles. The molecule has 0 spiro atoms. The summed E-state index contributed by atoms with van der Waals surface area (Å²) in [6, 6.07) is 4.00. The zero-order valence-electron chi connectivity index (χ0n) is 10.4. The van der Waals surface area contributed by atoms with Gasteiger partial charge >= 0.3 is 5.97 Å².